The molecule has 32 heavy (non-hydrogen) atoms. The van der Waals surface area contributed by atoms with E-state index in [1.807, 2.05) is 43.3 Å². The van der Waals surface area contributed by atoms with E-state index in [1.165, 1.54) is 4.31 Å². The highest BCUT2D eigenvalue weighted by atomic mass is 32.2. The van der Waals surface area contributed by atoms with E-state index in [9.17, 15) is 13.2 Å². The van der Waals surface area contributed by atoms with Crippen molar-refractivity contribution in [3.63, 3.8) is 0 Å². The summed E-state index contributed by atoms with van der Waals surface area (Å²) in [6.07, 6.45) is 1.29. The van der Waals surface area contributed by atoms with Gasteiger partial charge in [0, 0.05) is 19.6 Å². The Hall–Kier alpha value is -2.38. The number of hydrogen-bond acceptors (Lipinski definition) is 4. The zero-order valence-corrected chi connectivity index (χ0v) is 20.5. The Morgan fingerprint density at radius 3 is 2.28 bits per heavy atom. The predicted molar refractivity (Wildman–Crippen MR) is 126 cm³/mol. The Morgan fingerprint density at radius 1 is 1.09 bits per heavy atom. The Morgan fingerprint density at radius 2 is 1.72 bits per heavy atom. The molecule has 0 unspecified atom stereocenters. The molecule has 0 aromatic heterocycles. The van der Waals surface area contributed by atoms with Crippen LogP contribution in [0.4, 0.5) is 0 Å². The van der Waals surface area contributed by atoms with Gasteiger partial charge in [0.15, 0.2) is 0 Å². The number of carbonyl (C=O) groups is 1. The molecule has 3 rings (SSSR count). The standard InChI is InChI=1S/C25H34N2O4S/c1-24(2,3)20-9-13-22(14-10-20)32(29,30)27-16-6-15-25(4,18-27)23(28)26-17-19-7-11-21(31-5)12-8-19/h7-14H,6,15-18H2,1-5H3,(H,26,28)/t25-/m0/s1. The van der Waals surface area contributed by atoms with Crippen LogP contribution in [-0.2, 0) is 26.8 Å². The SMILES string of the molecule is COc1ccc(CNC(=O)[C@@]2(C)CCCN(S(=O)(=O)c3ccc(C(C)(C)C)cc3)C2)cc1. The van der Waals surface area contributed by atoms with Crippen molar-refractivity contribution in [3.05, 3.63) is 59.7 Å². The second-order valence-electron chi connectivity index (χ2n) is 9.81. The molecule has 2 aromatic carbocycles. The van der Waals surface area contributed by atoms with Crippen molar-refractivity contribution in [2.24, 2.45) is 5.41 Å². The first kappa shape index (κ1) is 24.3. The number of sulfonamides is 1. The summed E-state index contributed by atoms with van der Waals surface area (Å²) in [6, 6.07) is 14.6. The Labute approximate surface area is 192 Å². The molecule has 0 saturated carbocycles. The van der Waals surface area contributed by atoms with Gasteiger partial charge in [-0.3, -0.25) is 4.79 Å². The lowest BCUT2D eigenvalue weighted by atomic mass is 9.82. The third kappa shape index (κ3) is 5.33. The van der Waals surface area contributed by atoms with Gasteiger partial charge in [-0.1, -0.05) is 45.0 Å². The molecule has 1 fully saturated rings. The molecule has 2 aromatic rings. The molecule has 6 nitrogen and oxygen atoms in total. The fourth-order valence-electron chi connectivity index (χ4n) is 4.00. The van der Waals surface area contributed by atoms with E-state index in [4.69, 9.17) is 4.74 Å². The van der Waals surface area contributed by atoms with Crippen molar-refractivity contribution < 1.29 is 17.9 Å². The smallest absolute Gasteiger partial charge is 0.243 e. The van der Waals surface area contributed by atoms with Crippen LogP contribution in [0.2, 0.25) is 0 Å². The lowest BCUT2D eigenvalue weighted by Gasteiger charge is -2.38. The fourth-order valence-corrected chi connectivity index (χ4v) is 5.60. The summed E-state index contributed by atoms with van der Waals surface area (Å²) in [5.41, 5.74) is 1.22. The summed E-state index contributed by atoms with van der Waals surface area (Å²) < 4.78 is 33.2. The van der Waals surface area contributed by atoms with Gasteiger partial charge < -0.3 is 10.1 Å². The molecular weight excluding hydrogens is 424 g/mol. The van der Waals surface area contributed by atoms with Gasteiger partial charge in [0.2, 0.25) is 15.9 Å². The lowest BCUT2D eigenvalue weighted by Crippen LogP contribution is -2.51. The molecule has 0 radical (unpaired) electrons. The van der Waals surface area contributed by atoms with Gasteiger partial charge in [-0.15, -0.1) is 0 Å². The third-order valence-corrected chi connectivity index (χ3v) is 8.04. The molecule has 174 valence electrons. The van der Waals surface area contributed by atoms with Crippen molar-refractivity contribution in [3.8, 4) is 5.75 Å². The lowest BCUT2D eigenvalue weighted by molar-refractivity contribution is -0.132. The highest BCUT2D eigenvalue weighted by molar-refractivity contribution is 7.89. The number of nitrogens with one attached hydrogen (secondary N) is 1. The third-order valence-electron chi connectivity index (χ3n) is 6.18. The Bertz CT molecular complexity index is 1040. The van der Waals surface area contributed by atoms with Gasteiger partial charge in [0.05, 0.1) is 17.4 Å². The van der Waals surface area contributed by atoms with Gasteiger partial charge in [-0.2, -0.15) is 4.31 Å². The van der Waals surface area contributed by atoms with Gasteiger partial charge in [-0.05, 0) is 60.6 Å². The van der Waals surface area contributed by atoms with Crippen molar-refractivity contribution >= 4 is 15.9 Å². The number of amides is 1. The topological polar surface area (TPSA) is 75.7 Å². The molecule has 1 N–H and O–H groups in total. The first-order chi connectivity index (χ1) is 15.0. The predicted octanol–water partition coefficient (Wildman–Crippen LogP) is 4.10. The molecule has 1 saturated heterocycles. The number of nitrogens with zero attached hydrogens (tertiary/aromatic N) is 1. The van der Waals surface area contributed by atoms with Crippen LogP contribution in [0.3, 0.4) is 0 Å². The molecule has 1 amide bonds. The van der Waals surface area contributed by atoms with Crippen LogP contribution in [0.5, 0.6) is 5.75 Å². The maximum absolute atomic E-state index is 13.3. The van der Waals surface area contributed by atoms with Crippen LogP contribution >= 0.6 is 0 Å². The summed E-state index contributed by atoms with van der Waals surface area (Å²) >= 11 is 0. The zero-order valence-electron chi connectivity index (χ0n) is 19.6. The molecule has 7 heteroatoms. The summed E-state index contributed by atoms with van der Waals surface area (Å²) in [4.78, 5) is 13.3. The van der Waals surface area contributed by atoms with Crippen LogP contribution in [0.25, 0.3) is 0 Å². The van der Waals surface area contributed by atoms with Gasteiger partial charge in [0.25, 0.3) is 0 Å². The van der Waals surface area contributed by atoms with Crippen molar-refractivity contribution in [2.45, 2.75) is 57.4 Å². The highest BCUT2D eigenvalue weighted by Crippen LogP contribution is 2.33. The summed E-state index contributed by atoms with van der Waals surface area (Å²) in [6.45, 7) is 9.11. The number of benzene rings is 2. The number of hydrogen-bond donors (Lipinski definition) is 1. The van der Waals surface area contributed by atoms with Crippen LogP contribution in [-0.4, -0.2) is 38.8 Å². The van der Waals surface area contributed by atoms with E-state index in [0.29, 0.717) is 25.9 Å². The minimum atomic E-state index is -3.66. The molecule has 1 aliphatic rings. The van der Waals surface area contributed by atoms with Gasteiger partial charge >= 0.3 is 0 Å². The monoisotopic (exact) mass is 458 g/mol. The average Bonchev–Trinajstić information content (AvgIpc) is 2.77. The largest absolute Gasteiger partial charge is 0.497 e. The molecule has 1 aliphatic heterocycles. The maximum Gasteiger partial charge on any atom is 0.243 e. The minimum absolute atomic E-state index is 0.0477. The second-order valence-corrected chi connectivity index (χ2v) is 11.7. The molecular formula is C25H34N2O4S. The molecule has 0 spiro atoms. The van der Waals surface area contributed by atoms with E-state index < -0.39 is 15.4 Å². The minimum Gasteiger partial charge on any atom is -0.497 e. The zero-order chi connectivity index (χ0) is 23.6. The van der Waals surface area contributed by atoms with Crippen LogP contribution in [0.15, 0.2) is 53.4 Å². The summed E-state index contributed by atoms with van der Waals surface area (Å²) in [5.74, 6) is 0.631. The van der Waals surface area contributed by atoms with Crippen LogP contribution in [0.1, 0.15) is 51.7 Å². The van der Waals surface area contributed by atoms with E-state index in [1.54, 1.807) is 19.2 Å². The molecule has 1 heterocycles. The maximum atomic E-state index is 13.3. The number of piperidine rings is 1. The molecule has 0 bridgehead atoms. The molecule has 1 atom stereocenters. The highest BCUT2D eigenvalue weighted by Gasteiger charge is 2.41. The van der Waals surface area contributed by atoms with E-state index >= 15 is 0 Å². The number of carbonyl (C=O) groups excluding carboxylic acids is 1. The summed E-state index contributed by atoms with van der Waals surface area (Å²) in [5, 5.41) is 2.98. The average molecular weight is 459 g/mol. The van der Waals surface area contributed by atoms with Gasteiger partial charge in [-0.25, -0.2) is 8.42 Å². The first-order valence-electron chi connectivity index (χ1n) is 11.0. The second kappa shape index (κ2) is 9.24. The van der Waals surface area contributed by atoms with Crippen molar-refractivity contribution in [1.82, 2.24) is 9.62 Å². The number of rotatable bonds is 6. The first-order valence-corrected chi connectivity index (χ1v) is 12.4. The van der Waals surface area contributed by atoms with Crippen molar-refractivity contribution in [2.75, 3.05) is 20.2 Å². The van der Waals surface area contributed by atoms with Crippen LogP contribution in [0, 0.1) is 5.41 Å². The van der Waals surface area contributed by atoms with E-state index in [-0.39, 0.29) is 22.8 Å². The Kier molecular flexibility index (Phi) is 7.00. The fraction of sp³-hybridized carbons (Fsp3) is 0.480. The number of methoxy groups -OCH3 is 1. The summed E-state index contributed by atoms with van der Waals surface area (Å²) in [7, 11) is -2.05. The van der Waals surface area contributed by atoms with E-state index in [2.05, 4.69) is 26.1 Å². The van der Waals surface area contributed by atoms with Crippen molar-refractivity contribution in [1.29, 1.82) is 0 Å². The number of ether oxygens (including phenoxy) is 1. The van der Waals surface area contributed by atoms with Crippen LogP contribution < -0.4 is 10.1 Å². The Balaban J connectivity index is 1.70. The van der Waals surface area contributed by atoms with E-state index in [0.717, 1.165) is 16.9 Å². The van der Waals surface area contributed by atoms with Gasteiger partial charge in [0.1, 0.15) is 5.75 Å². The normalized spacial score (nSPS) is 20.0. The quantitative estimate of drug-likeness (QED) is 0.707. The molecule has 0 aliphatic carbocycles.